The molecule has 0 saturated carbocycles. The molecule has 0 spiro atoms. The van der Waals surface area contributed by atoms with Crippen molar-refractivity contribution >= 4 is 57.7 Å². The Morgan fingerprint density at radius 1 is 0.976 bits per heavy atom. The van der Waals surface area contributed by atoms with Crippen molar-refractivity contribution in [3.8, 4) is 11.5 Å². The topological polar surface area (TPSA) is 83.5 Å². The van der Waals surface area contributed by atoms with Gasteiger partial charge in [-0.05, 0) is 29.3 Å². The molecule has 8 nitrogen and oxygen atoms in total. The van der Waals surface area contributed by atoms with Crippen LogP contribution in [0.1, 0.15) is 44.4 Å². The first-order valence-electron chi connectivity index (χ1n) is 13.5. The Hall–Kier alpha value is -1.79. The van der Waals surface area contributed by atoms with E-state index in [0.29, 0.717) is 40.7 Å². The second-order valence-electron chi connectivity index (χ2n) is 10.4. The lowest BCUT2D eigenvalue weighted by atomic mass is 9.77. The van der Waals surface area contributed by atoms with Gasteiger partial charge >= 0.3 is 11.9 Å². The number of alkyl halides is 2. The molecule has 0 amide bonds. The monoisotopic (exact) mass is 721 g/mol. The zero-order chi connectivity index (χ0) is 30.0. The first kappa shape index (κ1) is 33.7. The average Bonchev–Trinajstić information content (AvgIpc) is 2.94. The van der Waals surface area contributed by atoms with E-state index < -0.39 is 12.1 Å². The van der Waals surface area contributed by atoms with Crippen LogP contribution in [0.3, 0.4) is 0 Å². The highest BCUT2D eigenvalue weighted by molar-refractivity contribution is 14.1. The number of carbonyl (C=O) groups excluding carboxylic acids is 2. The fraction of sp³-hybridized carbons (Fsp3) is 0.533. The summed E-state index contributed by atoms with van der Waals surface area (Å²) in [6.07, 6.45) is -0.933. The van der Waals surface area contributed by atoms with Gasteiger partial charge in [0.1, 0.15) is 36.9 Å². The van der Waals surface area contributed by atoms with E-state index in [2.05, 4.69) is 47.4 Å². The molecular weight excluding hydrogens is 684 g/mol. The Morgan fingerprint density at radius 2 is 1.59 bits per heavy atom. The van der Waals surface area contributed by atoms with Crippen LogP contribution in [0.5, 0.6) is 11.5 Å². The summed E-state index contributed by atoms with van der Waals surface area (Å²) < 4.78 is 28.8. The smallest absolute Gasteiger partial charge is 0.303 e. The van der Waals surface area contributed by atoms with Gasteiger partial charge in [0.2, 0.25) is 0 Å². The van der Waals surface area contributed by atoms with Crippen molar-refractivity contribution in [3.05, 3.63) is 58.1 Å². The van der Waals surface area contributed by atoms with Crippen LogP contribution in [0.15, 0.2) is 36.4 Å². The first-order chi connectivity index (χ1) is 19.5. The van der Waals surface area contributed by atoms with Gasteiger partial charge in [-0.25, -0.2) is 0 Å². The highest BCUT2D eigenvalue weighted by Gasteiger charge is 2.27. The third kappa shape index (κ3) is 10.2. The molecule has 0 radical (unpaired) electrons. The third-order valence-electron chi connectivity index (χ3n) is 6.81. The standard InChI is InChI=1S/C30H38Cl2INO7/c1-20(35)40-26(15-31)18-39-29-22(16-33)13-24(14-28(29)32)30(3,4)23-5-7-25(8-6-23)38-19-27(41-21(2)36)17-34-9-11-37-12-10-34/h5-8,13-14,26-27H,9-12,15-19H2,1-4H3/t26-,27-/m0/s1. The van der Waals surface area contributed by atoms with Gasteiger partial charge in [0.05, 0.1) is 24.1 Å². The summed E-state index contributed by atoms with van der Waals surface area (Å²) in [5.41, 5.74) is 2.68. The minimum atomic E-state index is -0.562. The molecule has 1 heterocycles. The Kier molecular flexibility index (Phi) is 13.3. The number of hydrogen-bond acceptors (Lipinski definition) is 8. The maximum atomic E-state index is 11.6. The van der Waals surface area contributed by atoms with Crippen molar-refractivity contribution in [1.29, 1.82) is 0 Å². The molecule has 2 atom stereocenters. The van der Waals surface area contributed by atoms with Crippen molar-refractivity contribution in [2.24, 2.45) is 0 Å². The van der Waals surface area contributed by atoms with Crippen LogP contribution in [0.4, 0.5) is 0 Å². The molecule has 0 bridgehead atoms. The number of esters is 2. The Morgan fingerprint density at radius 3 is 2.17 bits per heavy atom. The van der Waals surface area contributed by atoms with Crippen molar-refractivity contribution in [2.75, 3.05) is 51.9 Å². The molecule has 0 N–H and O–H groups in total. The average molecular weight is 722 g/mol. The van der Waals surface area contributed by atoms with E-state index in [1.54, 1.807) is 0 Å². The largest absolute Gasteiger partial charge is 0.490 e. The fourth-order valence-corrected chi connectivity index (χ4v) is 5.56. The third-order valence-corrected chi connectivity index (χ3v) is 8.26. The molecule has 41 heavy (non-hydrogen) atoms. The second kappa shape index (κ2) is 16.2. The maximum absolute atomic E-state index is 11.6. The molecule has 0 aliphatic carbocycles. The Labute approximate surface area is 266 Å². The SMILES string of the molecule is CC(=O)O[C@H](COc1ccc(C(C)(C)c2cc(Cl)c(OC[C@H](CCl)OC(C)=O)c(CI)c2)cc1)CN1CCOCC1. The van der Waals surface area contributed by atoms with Crippen LogP contribution in [0.25, 0.3) is 0 Å². The normalized spacial score (nSPS) is 15.6. The summed E-state index contributed by atoms with van der Waals surface area (Å²) in [7, 11) is 0. The van der Waals surface area contributed by atoms with Gasteiger partial charge in [-0.2, -0.15) is 0 Å². The van der Waals surface area contributed by atoms with Crippen molar-refractivity contribution in [2.45, 2.75) is 49.7 Å². The first-order valence-corrected chi connectivity index (χ1v) is 15.9. The molecule has 2 aromatic rings. The van der Waals surface area contributed by atoms with Crippen molar-refractivity contribution < 1.29 is 33.3 Å². The van der Waals surface area contributed by atoms with Gasteiger partial charge in [-0.1, -0.05) is 66.2 Å². The summed E-state index contributed by atoms with van der Waals surface area (Å²) in [4.78, 5) is 25.2. The lowest BCUT2D eigenvalue weighted by molar-refractivity contribution is -0.149. The van der Waals surface area contributed by atoms with Crippen LogP contribution in [0.2, 0.25) is 5.02 Å². The second-order valence-corrected chi connectivity index (χ2v) is 11.9. The minimum Gasteiger partial charge on any atom is -0.490 e. The lowest BCUT2D eigenvalue weighted by Crippen LogP contribution is -2.43. The molecule has 11 heteroatoms. The lowest BCUT2D eigenvalue weighted by Gasteiger charge is -2.30. The molecule has 1 aliphatic heterocycles. The van der Waals surface area contributed by atoms with E-state index >= 15 is 0 Å². The predicted octanol–water partition coefficient (Wildman–Crippen LogP) is 5.79. The Bertz CT molecular complexity index is 1160. The summed E-state index contributed by atoms with van der Waals surface area (Å²) in [5.74, 6) is 0.643. The fourth-order valence-electron chi connectivity index (χ4n) is 4.55. The summed E-state index contributed by atoms with van der Waals surface area (Å²) in [5, 5.41) is 0.482. The highest BCUT2D eigenvalue weighted by Crippen LogP contribution is 2.39. The molecule has 0 unspecified atom stereocenters. The number of carbonyl (C=O) groups is 2. The number of rotatable bonds is 14. The van der Waals surface area contributed by atoms with Crippen LogP contribution < -0.4 is 9.47 Å². The molecular formula is C30H38Cl2INO7. The molecule has 0 aromatic heterocycles. The van der Waals surface area contributed by atoms with Crippen LogP contribution >= 0.6 is 45.8 Å². The number of hydrogen-bond donors (Lipinski definition) is 0. The zero-order valence-electron chi connectivity index (χ0n) is 23.9. The van der Waals surface area contributed by atoms with E-state index in [-0.39, 0.29) is 36.6 Å². The van der Waals surface area contributed by atoms with E-state index in [1.165, 1.54) is 13.8 Å². The molecule has 2 aromatic carbocycles. The summed E-state index contributed by atoms with van der Waals surface area (Å²) in [6, 6.07) is 11.9. The van der Waals surface area contributed by atoms with Gasteiger partial charge in [0.25, 0.3) is 0 Å². The maximum Gasteiger partial charge on any atom is 0.303 e. The summed E-state index contributed by atoms with van der Waals surface area (Å²) >= 11 is 14.9. The minimum absolute atomic E-state index is 0.113. The molecule has 1 fully saturated rings. The van der Waals surface area contributed by atoms with Gasteiger partial charge < -0.3 is 23.7 Å². The van der Waals surface area contributed by atoms with Crippen LogP contribution in [-0.2, 0) is 33.6 Å². The molecule has 3 rings (SSSR count). The van der Waals surface area contributed by atoms with Crippen molar-refractivity contribution in [3.63, 3.8) is 0 Å². The highest BCUT2D eigenvalue weighted by atomic mass is 127. The number of morpholine rings is 1. The van der Waals surface area contributed by atoms with Crippen LogP contribution in [-0.4, -0.2) is 81.0 Å². The van der Waals surface area contributed by atoms with Crippen molar-refractivity contribution in [1.82, 2.24) is 4.90 Å². The number of nitrogens with zero attached hydrogens (tertiary/aromatic N) is 1. The predicted molar refractivity (Wildman–Crippen MR) is 168 cm³/mol. The van der Waals surface area contributed by atoms with E-state index in [9.17, 15) is 9.59 Å². The number of benzene rings is 2. The number of halogens is 3. The van der Waals surface area contributed by atoms with Gasteiger partial charge in [0, 0.05) is 48.9 Å². The van der Waals surface area contributed by atoms with E-state index in [0.717, 1.165) is 29.8 Å². The molecule has 226 valence electrons. The van der Waals surface area contributed by atoms with Crippen LogP contribution in [0, 0.1) is 0 Å². The Balaban J connectivity index is 1.69. The number of ether oxygens (including phenoxy) is 5. The summed E-state index contributed by atoms with van der Waals surface area (Å²) in [6.45, 7) is 11.0. The zero-order valence-corrected chi connectivity index (χ0v) is 27.6. The van der Waals surface area contributed by atoms with Gasteiger partial charge in [-0.15, -0.1) is 11.6 Å². The van der Waals surface area contributed by atoms with Gasteiger partial charge in [0.15, 0.2) is 0 Å². The van der Waals surface area contributed by atoms with E-state index in [4.69, 9.17) is 46.9 Å². The van der Waals surface area contributed by atoms with Gasteiger partial charge in [-0.3, -0.25) is 14.5 Å². The quantitative estimate of drug-likeness (QED) is 0.138. The molecule has 1 aliphatic rings. The molecule has 1 saturated heterocycles. The van der Waals surface area contributed by atoms with E-state index in [1.807, 2.05) is 30.3 Å².